The number of hydrogen-bond donors (Lipinski definition) is 3. The maximum atomic E-state index is 13.0. The van der Waals surface area contributed by atoms with E-state index in [4.69, 9.17) is 4.74 Å². The number of nitrogens with one attached hydrogen (secondary N) is 1. The number of ether oxygens (including phenoxy) is 1. The van der Waals surface area contributed by atoms with Crippen molar-refractivity contribution in [1.82, 2.24) is 10.3 Å². The van der Waals surface area contributed by atoms with Crippen molar-refractivity contribution in [1.29, 1.82) is 0 Å². The van der Waals surface area contributed by atoms with Crippen LogP contribution in [-0.4, -0.2) is 46.0 Å². The summed E-state index contributed by atoms with van der Waals surface area (Å²) in [7, 11) is 1.57. The lowest BCUT2D eigenvalue weighted by Gasteiger charge is -2.16. The van der Waals surface area contributed by atoms with Crippen LogP contribution in [0.25, 0.3) is 22.0 Å². The molecule has 0 aliphatic carbocycles. The molecule has 1 heterocycles. The van der Waals surface area contributed by atoms with Crippen LogP contribution in [0.5, 0.6) is 11.5 Å². The number of amides is 1. The molecule has 1 atom stereocenters. The fraction of sp³-hybridized carbons (Fsp3) is 0.143. The first-order chi connectivity index (χ1) is 17.2. The molecule has 4 aromatic rings. The summed E-state index contributed by atoms with van der Waals surface area (Å²) in [5.74, 6) is -1.36. The molecule has 0 bridgehead atoms. The second kappa shape index (κ2) is 10.3. The Balaban J connectivity index is 1.66. The molecule has 0 spiro atoms. The van der Waals surface area contributed by atoms with Crippen molar-refractivity contribution in [2.45, 2.75) is 19.4 Å². The zero-order valence-corrected chi connectivity index (χ0v) is 19.7. The molecule has 0 radical (unpaired) electrons. The maximum absolute atomic E-state index is 13.0. The van der Waals surface area contributed by atoms with E-state index in [1.165, 1.54) is 25.1 Å². The normalized spacial score (nSPS) is 11.6. The zero-order valence-electron chi connectivity index (χ0n) is 19.7. The highest BCUT2D eigenvalue weighted by Gasteiger charge is 2.22. The Kier molecular flexibility index (Phi) is 6.96. The van der Waals surface area contributed by atoms with E-state index >= 15 is 0 Å². The van der Waals surface area contributed by atoms with Gasteiger partial charge in [-0.2, -0.15) is 0 Å². The number of aromatic carboxylic acids is 1. The first-order valence-electron chi connectivity index (χ1n) is 11.2. The lowest BCUT2D eigenvalue weighted by Crippen LogP contribution is -2.41. The number of benzene rings is 3. The number of pyridine rings is 1. The summed E-state index contributed by atoms with van der Waals surface area (Å²) in [5, 5.41) is 22.4. The van der Waals surface area contributed by atoms with E-state index in [-0.39, 0.29) is 29.2 Å². The molecule has 0 unspecified atom stereocenters. The van der Waals surface area contributed by atoms with Crippen LogP contribution in [0.1, 0.15) is 33.3 Å². The molecule has 8 heteroatoms. The monoisotopic (exact) mass is 484 g/mol. The molecule has 0 saturated carbocycles. The van der Waals surface area contributed by atoms with Crippen molar-refractivity contribution < 1.29 is 29.3 Å². The predicted octanol–water partition coefficient (Wildman–Crippen LogP) is 4.24. The smallest absolute Gasteiger partial charge is 0.336 e. The predicted molar refractivity (Wildman–Crippen MR) is 134 cm³/mol. The van der Waals surface area contributed by atoms with Gasteiger partial charge in [0.1, 0.15) is 17.2 Å². The molecule has 3 aromatic carbocycles. The number of carbonyl (C=O) groups is 3. The minimum atomic E-state index is -1.20. The molecule has 0 fully saturated rings. The average molecular weight is 485 g/mol. The molecule has 0 aliphatic heterocycles. The Hall–Kier alpha value is -4.72. The van der Waals surface area contributed by atoms with Gasteiger partial charge in [0, 0.05) is 5.39 Å². The van der Waals surface area contributed by atoms with Crippen LogP contribution in [0.4, 0.5) is 0 Å². The van der Waals surface area contributed by atoms with Gasteiger partial charge in [-0.3, -0.25) is 9.59 Å². The summed E-state index contributed by atoms with van der Waals surface area (Å²) in [5.41, 5.74) is 2.51. The summed E-state index contributed by atoms with van der Waals surface area (Å²) in [6.45, 7) is 1.36. The van der Waals surface area contributed by atoms with Gasteiger partial charge < -0.3 is 20.3 Å². The molecule has 1 aromatic heterocycles. The van der Waals surface area contributed by atoms with Crippen molar-refractivity contribution in [3.63, 3.8) is 0 Å². The molecule has 4 rings (SSSR count). The SMILES string of the molecule is COc1cccc(-c2ccc3nc(C(=O)N[C@@H](Cc4ccc(O)cc4)C(C)=O)cc(C(=O)O)c3c2)c1. The van der Waals surface area contributed by atoms with Crippen LogP contribution < -0.4 is 10.1 Å². The molecule has 36 heavy (non-hydrogen) atoms. The van der Waals surface area contributed by atoms with Crippen molar-refractivity contribution in [3.05, 3.63) is 89.6 Å². The summed E-state index contributed by atoms with van der Waals surface area (Å²) >= 11 is 0. The molecule has 8 nitrogen and oxygen atoms in total. The number of aromatic nitrogens is 1. The largest absolute Gasteiger partial charge is 0.508 e. The lowest BCUT2D eigenvalue weighted by molar-refractivity contribution is -0.118. The maximum Gasteiger partial charge on any atom is 0.336 e. The topological polar surface area (TPSA) is 126 Å². The molecular formula is C28H24N2O6. The van der Waals surface area contributed by atoms with Crippen molar-refractivity contribution in [3.8, 4) is 22.6 Å². The first kappa shape index (κ1) is 24.4. The fourth-order valence-corrected chi connectivity index (χ4v) is 3.90. The number of rotatable bonds is 8. The minimum absolute atomic E-state index is 0.0761. The third-order valence-corrected chi connectivity index (χ3v) is 5.85. The number of Topliss-reactive ketones (excluding diaryl/α,β-unsaturated/α-hetero) is 1. The number of ketones is 1. The lowest BCUT2D eigenvalue weighted by atomic mass is 9.99. The fourth-order valence-electron chi connectivity index (χ4n) is 3.90. The highest BCUT2D eigenvalue weighted by molar-refractivity contribution is 6.07. The molecular weight excluding hydrogens is 460 g/mol. The van der Waals surface area contributed by atoms with E-state index in [1.807, 2.05) is 24.3 Å². The first-order valence-corrected chi connectivity index (χ1v) is 11.2. The van der Waals surface area contributed by atoms with Crippen LogP contribution in [0, 0.1) is 0 Å². The van der Waals surface area contributed by atoms with Gasteiger partial charge in [-0.15, -0.1) is 0 Å². The summed E-state index contributed by atoms with van der Waals surface area (Å²) in [6.07, 6.45) is 0.213. The Labute approximate surface area is 207 Å². The van der Waals surface area contributed by atoms with Gasteiger partial charge in [0.2, 0.25) is 0 Å². The van der Waals surface area contributed by atoms with Crippen LogP contribution in [-0.2, 0) is 11.2 Å². The van der Waals surface area contributed by atoms with E-state index in [2.05, 4.69) is 10.3 Å². The number of carboxylic acid groups (broad SMARTS) is 1. The minimum Gasteiger partial charge on any atom is -0.508 e. The van der Waals surface area contributed by atoms with E-state index < -0.39 is 17.9 Å². The van der Waals surface area contributed by atoms with E-state index in [0.717, 1.165) is 16.7 Å². The van der Waals surface area contributed by atoms with Gasteiger partial charge in [0.25, 0.3) is 5.91 Å². The van der Waals surface area contributed by atoms with Crippen LogP contribution in [0.3, 0.4) is 0 Å². The Bertz CT molecular complexity index is 1460. The molecule has 182 valence electrons. The summed E-state index contributed by atoms with van der Waals surface area (Å²) in [6, 6.07) is 19.2. The van der Waals surface area contributed by atoms with Gasteiger partial charge >= 0.3 is 5.97 Å². The molecule has 3 N–H and O–H groups in total. The Morgan fingerprint density at radius 2 is 1.69 bits per heavy atom. The number of hydrogen-bond acceptors (Lipinski definition) is 6. The summed E-state index contributed by atoms with van der Waals surface area (Å²) in [4.78, 5) is 41.7. The average Bonchev–Trinajstić information content (AvgIpc) is 2.88. The van der Waals surface area contributed by atoms with Gasteiger partial charge in [-0.05, 0) is 72.5 Å². The number of phenols is 1. The molecule has 1 amide bonds. The zero-order chi connectivity index (χ0) is 25.8. The van der Waals surface area contributed by atoms with Gasteiger partial charge in [-0.1, -0.05) is 30.3 Å². The number of fused-ring (bicyclic) bond motifs is 1. The second-order valence-corrected chi connectivity index (χ2v) is 8.33. The number of methoxy groups -OCH3 is 1. The van der Waals surface area contributed by atoms with E-state index in [9.17, 15) is 24.6 Å². The van der Waals surface area contributed by atoms with Gasteiger partial charge in [0.15, 0.2) is 5.78 Å². The number of carbonyl (C=O) groups excluding carboxylic acids is 2. The third-order valence-electron chi connectivity index (χ3n) is 5.85. The van der Waals surface area contributed by atoms with Crippen LogP contribution in [0.2, 0.25) is 0 Å². The van der Waals surface area contributed by atoms with Crippen molar-refractivity contribution in [2.24, 2.45) is 0 Å². The molecule has 0 saturated heterocycles. The van der Waals surface area contributed by atoms with Gasteiger partial charge in [0.05, 0.1) is 24.2 Å². The van der Waals surface area contributed by atoms with Gasteiger partial charge in [-0.25, -0.2) is 9.78 Å². The Morgan fingerprint density at radius 3 is 2.36 bits per heavy atom. The van der Waals surface area contributed by atoms with E-state index in [1.54, 1.807) is 37.4 Å². The third kappa shape index (κ3) is 5.33. The summed E-state index contributed by atoms with van der Waals surface area (Å²) < 4.78 is 5.27. The Morgan fingerprint density at radius 1 is 0.972 bits per heavy atom. The second-order valence-electron chi connectivity index (χ2n) is 8.33. The number of phenolic OH excluding ortho intramolecular Hbond substituents is 1. The van der Waals surface area contributed by atoms with Crippen LogP contribution >= 0.6 is 0 Å². The van der Waals surface area contributed by atoms with E-state index in [0.29, 0.717) is 16.7 Å². The quantitative estimate of drug-likeness (QED) is 0.341. The number of carboxylic acids is 1. The standard InChI is InChI=1S/C28H24N2O6/c1-16(31)25(12-17-6-9-20(32)10-7-17)30-27(33)26-15-23(28(34)35)22-14-19(8-11-24(22)29-26)18-4-3-5-21(13-18)36-2/h3-11,13-15,25,32H,12H2,1-2H3,(H,30,33)(H,34,35)/t25-/m0/s1. The molecule has 0 aliphatic rings. The number of aromatic hydroxyl groups is 1. The highest BCUT2D eigenvalue weighted by atomic mass is 16.5. The van der Waals surface area contributed by atoms with Crippen molar-refractivity contribution in [2.75, 3.05) is 7.11 Å². The van der Waals surface area contributed by atoms with Crippen LogP contribution in [0.15, 0.2) is 72.8 Å². The van der Waals surface area contributed by atoms with Crippen molar-refractivity contribution >= 4 is 28.6 Å². The highest BCUT2D eigenvalue weighted by Crippen LogP contribution is 2.28. The number of nitrogens with zero attached hydrogens (tertiary/aromatic N) is 1.